The van der Waals surface area contributed by atoms with Crippen LogP contribution in [0.4, 0.5) is 4.79 Å². The van der Waals surface area contributed by atoms with E-state index in [9.17, 15) is 33.9 Å². The summed E-state index contributed by atoms with van der Waals surface area (Å²) < 4.78 is 3.40. The Hall–Kier alpha value is -2.64. The summed E-state index contributed by atoms with van der Waals surface area (Å²) in [6.07, 6.45) is 2.94. The average molecular weight is 635 g/mol. The van der Waals surface area contributed by atoms with Crippen molar-refractivity contribution in [2.75, 3.05) is 13.7 Å². The lowest BCUT2D eigenvalue weighted by Gasteiger charge is -2.38. The van der Waals surface area contributed by atoms with Gasteiger partial charge in [-0.05, 0) is 31.6 Å². The number of nitrogens with zero attached hydrogens (tertiary/aromatic N) is 1. The Kier molecular flexibility index (Phi) is 9.80. The predicted octanol–water partition coefficient (Wildman–Crippen LogP) is 0.373. The third kappa shape index (κ3) is 7.11. The van der Waals surface area contributed by atoms with Gasteiger partial charge in [-0.25, -0.2) is 9.59 Å². The van der Waals surface area contributed by atoms with Crippen LogP contribution in [0.25, 0.3) is 0 Å². The molecule has 3 rings (SSSR count). The first-order chi connectivity index (χ1) is 19.2. The predicted molar refractivity (Wildman–Crippen MR) is 152 cm³/mol. The number of hydrogen-bond donors (Lipinski definition) is 5. The van der Waals surface area contributed by atoms with E-state index in [1.165, 1.54) is 18.7 Å². The highest BCUT2D eigenvalue weighted by Crippen LogP contribution is 2.65. The maximum atomic E-state index is 14.0. The highest BCUT2D eigenvalue weighted by atomic mass is 35.5. The van der Waals surface area contributed by atoms with Crippen molar-refractivity contribution >= 4 is 58.7 Å². The molecule has 13 nitrogen and oxygen atoms in total. The maximum absolute atomic E-state index is 14.0. The minimum absolute atomic E-state index is 0.00990. The highest BCUT2D eigenvalue weighted by Gasteiger charge is 2.74. The monoisotopic (exact) mass is 633 g/mol. The first-order valence-corrected chi connectivity index (χ1v) is 14.7. The minimum Gasteiger partial charge on any atom is -0.467 e. The number of urea groups is 1. The van der Waals surface area contributed by atoms with Crippen LogP contribution in [0.1, 0.15) is 60.3 Å². The van der Waals surface area contributed by atoms with Gasteiger partial charge in [0.2, 0.25) is 17.6 Å². The first kappa shape index (κ1) is 33.9. The van der Waals surface area contributed by atoms with Crippen molar-refractivity contribution in [1.82, 2.24) is 20.9 Å². The van der Waals surface area contributed by atoms with Crippen molar-refractivity contribution in [3.63, 3.8) is 0 Å². The van der Waals surface area contributed by atoms with Gasteiger partial charge in [-0.2, -0.15) is 0 Å². The van der Waals surface area contributed by atoms with E-state index in [-0.39, 0.29) is 18.9 Å². The molecule has 6 atom stereocenters. The largest absolute Gasteiger partial charge is 0.467 e. The van der Waals surface area contributed by atoms with E-state index in [2.05, 4.69) is 20.7 Å². The first-order valence-electron chi connectivity index (χ1n) is 13.9. The van der Waals surface area contributed by atoms with Gasteiger partial charge in [0.1, 0.15) is 16.4 Å². The highest BCUT2D eigenvalue weighted by molar-refractivity contribution is 6.51. The van der Waals surface area contributed by atoms with Crippen LogP contribution in [0.3, 0.4) is 0 Å². The lowest BCUT2D eigenvalue weighted by molar-refractivity contribution is -0.148. The number of nitrogens with two attached hydrogens (primary N) is 1. The number of halogens is 2. The Bertz CT molecular complexity index is 1130. The SMILES string of the molecule is COC(=O)[C@@H](NC(=O)N[C@H](C(=O)N1C[C@H]2[C@@H]([C@H]1C(=O)NC(CC1CCC1)C(=O)C(N)=O)C2(Cl)Cl)C(C)(C)C)C(C)(C)O. The number of ketones is 1. The number of carbonyl (C=O) groups is 6. The number of rotatable bonds is 11. The van der Waals surface area contributed by atoms with Crippen molar-refractivity contribution in [1.29, 1.82) is 0 Å². The molecule has 1 heterocycles. The van der Waals surface area contributed by atoms with Gasteiger partial charge in [0.25, 0.3) is 5.91 Å². The normalized spacial score (nSPS) is 25.2. The van der Waals surface area contributed by atoms with E-state index >= 15 is 0 Å². The second-order valence-corrected chi connectivity index (χ2v) is 14.5. The Labute approximate surface area is 254 Å². The number of alkyl halides is 2. The molecular formula is C27H41Cl2N5O8. The summed E-state index contributed by atoms with van der Waals surface area (Å²) in [5, 5.41) is 17.9. The van der Waals surface area contributed by atoms with Crippen molar-refractivity contribution < 1.29 is 38.6 Å². The van der Waals surface area contributed by atoms with Gasteiger partial charge in [-0.15, -0.1) is 23.2 Å². The number of hydrogen-bond acceptors (Lipinski definition) is 8. The molecule has 3 fully saturated rings. The van der Waals surface area contributed by atoms with Gasteiger partial charge in [0.15, 0.2) is 6.04 Å². The van der Waals surface area contributed by atoms with Gasteiger partial charge in [0.05, 0.1) is 18.8 Å². The van der Waals surface area contributed by atoms with E-state index in [4.69, 9.17) is 28.9 Å². The van der Waals surface area contributed by atoms with Crippen molar-refractivity contribution in [2.24, 2.45) is 28.9 Å². The third-order valence-corrected chi connectivity index (χ3v) is 9.43. The van der Waals surface area contributed by atoms with E-state index in [1.54, 1.807) is 20.8 Å². The molecule has 0 bridgehead atoms. The number of carbonyl (C=O) groups excluding carboxylic acids is 6. The van der Waals surface area contributed by atoms with Gasteiger partial charge in [-0.1, -0.05) is 40.0 Å². The summed E-state index contributed by atoms with van der Waals surface area (Å²) in [6, 6.07) is -5.92. The van der Waals surface area contributed by atoms with E-state index in [0.717, 1.165) is 26.4 Å². The van der Waals surface area contributed by atoms with Crippen LogP contribution in [0.2, 0.25) is 0 Å². The van der Waals surface area contributed by atoms with Crippen LogP contribution in [-0.4, -0.2) is 93.3 Å². The fourth-order valence-corrected chi connectivity index (χ4v) is 6.44. The Morgan fingerprint density at radius 3 is 2.05 bits per heavy atom. The molecule has 0 aromatic heterocycles. The molecule has 6 N–H and O–H groups in total. The van der Waals surface area contributed by atoms with Crippen LogP contribution in [0.15, 0.2) is 0 Å². The minimum atomic E-state index is -1.69. The Balaban J connectivity index is 1.84. The molecule has 15 heteroatoms. The molecule has 5 amide bonds. The van der Waals surface area contributed by atoms with Gasteiger partial charge in [-0.3, -0.25) is 19.2 Å². The summed E-state index contributed by atoms with van der Waals surface area (Å²) in [5.74, 6) is -5.26. The molecule has 2 saturated carbocycles. The second-order valence-electron chi connectivity index (χ2n) is 13.1. The van der Waals surface area contributed by atoms with Gasteiger partial charge < -0.3 is 36.4 Å². The molecule has 1 saturated heterocycles. The summed E-state index contributed by atoms with van der Waals surface area (Å²) >= 11 is 12.9. The molecule has 0 aromatic rings. The number of methoxy groups -OCH3 is 1. The summed E-state index contributed by atoms with van der Waals surface area (Å²) in [7, 11) is 1.10. The zero-order valence-electron chi connectivity index (χ0n) is 24.7. The van der Waals surface area contributed by atoms with Crippen LogP contribution in [0.5, 0.6) is 0 Å². The smallest absolute Gasteiger partial charge is 0.331 e. The molecular weight excluding hydrogens is 593 g/mol. The topological polar surface area (TPSA) is 197 Å². The zero-order chi connectivity index (χ0) is 31.9. The summed E-state index contributed by atoms with van der Waals surface area (Å²) in [5.41, 5.74) is 2.67. The molecule has 3 aliphatic rings. The average Bonchev–Trinajstić information content (AvgIpc) is 3.17. The number of fused-ring (bicyclic) bond motifs is 1. The molecule has 42 heavy (non-hydrogen) atoms. The molecule has 1 unspecified atom stereocenters. The summed E-state index contributed by atoms with van der Waals surface area (Å²) in [4.78, 5) is 78.4. The van der Waals surface area contributed by atoms with E-state index in [1.807, 2.05) is 0 Å². The number of Topliss-reactive ketones (excluding diaryl/α,β-unsaturated/α-hetero) is 1. The van der Waals surface area contributed by atoms with Crippen LogP contribution >= 0.6 is 23.2 Å². The molecule has 1 aliphatic heterocycles. The van der Waals surface area contributed by atoms with Gasteiger partial charge >= 0.3 is 12.0 Å². The lowest BCUT2D eigenvalue weighted by atomic mass is 9.80. The number of aliphatic hydroxyl groups is 1. The van der Waals surface area contributed by atoms with Crippen LogP contribution in [-0.2, 0) is 28.7 Å². The molecule has 236 valence electrons. The third-order valence-electron chi connectivity index (χ3n) is 8.36. The number of amides is 5. The number of ether oxygens (including phenoxy) is 1. The van der Waals surface area contributed by atoms with E-state index < -0.39 is 86.9 Å². The molecule has 0 aromatic carbocycles. The Morgan fingerprint density at radius 1 is 1.02 bits per heavy atom. The van der Waals surface area contributed by atoms with Crippen molar-refractivity contribution in [2.45, 2.75) is 94.4 Å². The van der Waals surface area contributed by atoms with Crippen LogP contribution in [0, 0.1) is 23.2 Å². The number of piperidine rings is 1. The zero-order valence-corrected chi connectivity index (χ0v) is 26.2. The van der Waals surface area contributed by atoms with Crippen molar-refractivity contribution in [3.8, 4) is 0 Å². The van der Waals surface area contributed by atoms with Crippen molar-refractivity contribution in [3.05, 3.63) is 0 Å². The Morgan fingerprint density at radius 2 is 1.60 bits per heavy atom. The van der Waals surface area contributed by atoms with E-state index in [0.29, 0.717) is 0 Å². The fourth-order valence-electron chi connectivity index (χ4n) is 5.62. The summed E-state index contributed by atoms with van der Waals surface area (Å²) in [6.45, 7) is 7.73. The van der Waals surface area contributed by atoms with Crippen LogP contribution < -0.4 is 21.7 Å². The second kappa shape index (κ2) is 12.2. The van der Waals surface area contributed by atoms with Gasteiger partial charge in [0, 0.05) is 18.4 Å². The number of primary amides is 1. The number of likely N-dealkylation sites (tertiary alicyclic amines) is 1. The maximum Gasteiger partial charge on any atom is 0.331 e. The number of nitrogens with one attached hydrogen (secondary N) is 3. The lowest BCUT2D eigenvalue weighted by Crippen LogP contribution is -2.63. The fraction of sp³-hybridized carbons (Fsp3) is 0.778. The molecule has 0 radical (unpaired) electrons. The standard InChI is InChI=1S/C27H41Cl2N5O8/c1-25(2,3)18(32-24(40)33-19(23(39)42-6)26(4,5)41)22(38)34-11-13-15(27(13,28)29)16(34)21(37)31-14(17(35)20(30)36)10-12-8-7-9-12/h12-16,18-19,41H,7-11H2,1-6H3,(H2,30,36)(H,31,37)(H2,32,33,40)/t13-,14?,15-,16-,18+,19+/m0/s1. The molecule has 2 aliphatic carbocycles. The quantitative estimate of drug-likeness (QED) is 0.122. The number of esters is 1. The molecule has 0 spiro atoms.